The Morgan fingerprint density at radius 2 is 1.94 bits per heavy atom. The van der Waals surface area contributed by atoms with Crippen molar-refractivity contribution in [2.24, 2.45) is 0 Å². The quantitative estimate of drug-likeness (QED) is 0.234. The van der Waals surface area contributed by atoms with Crippen LogP contribution in [0.4, 0.5) is 0 Å². The number of rotatable bonds is 6. The van der Waals surface area contributed by atoms with E-state index < -0.39 is 0 Å². The monoisotopic (exact) mass is 458 g/mol. The van der Waals surface area contributed by atoms with Gasteiger partial charge in [0.1, 0.15) is 5.65 Å². The summed E-state index contributed by atoms with van der Waals surface area (Å²) in [6.45, 7) is 2.59. The lowest BCUT2D eigenvalue weighted by Crippen LogP contribution is -2.24. The van der Waals surface area contributed by atoms with Crippen LogP contribution in [0.2, 0.25) is 0 Å². The van der Waals surface area contributed by atoms with Crippen molar-refractivity contribution in [2.45, 2.75) is 56.5 Å². The Morgan fingerprint density at radius 3 is 2.79 bits per heavy atom. The molecule has 0 spiro atoms. The maximum atomic E-state index is 13.3. The van der Waals surface area contributed by atoms with Gasteiger partial charge in [-0.1, -0.05) is 35.5 Å². The smallest absolute Gasteiger partial charge is 0.262 e. The van der Waals surface area contributed by atoms with Crippen molar-refractivity contribution in [2.75, 3.05) is 0 Å². The number of aromatic nitrogens is 4. The summed E-state index contributed by atoms with van der Waals surface area (Å²) in [5.41, 5.74) is 4.36. The van der Waals surface area contributed by atoms with Crippen molar-refractivity contribution in [3.63, 3.8) is 0 Å². The minimum Gasteiger partial charge on any atom is -0.287 e. The van der Waals surface area contributed by atoms with Gasteiger partial charge >= 0.3 is 0 Å². The maximum Gasteiger partial charge on any atom is 0.262 e. The molecule has 0 saturated carbocycles. The van der Waals surface area contributed by atoms with E-state index in [1.54, 1.807) is 21.2 Å². The van der Waals surface area contributed by atoms with Crippen molar-refractivity contribution >= 4 is 28.3 Å². The van der Waals surface area contributed by atoms with Gasteiger partial charge in [0.2, 0.25) is 0 Å². The first-order valence-corrected chi connectivity index (χ1v) is 12.4. The molecule has 0 bridgehead atoms. The van der Waals surface area contributed by atoms with Crippen molar-refractivity contribution in [3.05, 3.63) is 92.3 Å². The predicted octanol–water partition coefficient (Wildman–Crippen LogP) is 4.90. The molecule has 0 saturated heterocycles. The van der Waals surface area contributed by atoms with Gasteiger partial charge in [0.15, 0.2) is 5.16 Å². The standard InChI is InChI=1S/C26H26N4O2S/c1-18-11-13-29-23(15-18)27-20(16-24(29)31)17-33-26-28-22-10-6-5-9-21(22)25(32)30(26)14-12-19-7-3-2-4-8-19/h5-7,9-11,13,15-16H,2-4,8,12,14,17H2,1H3. The zero-order chi connectivity index (χ0) is 22.8. The topological polar surface area (TPSA) is 69.3 Å². The zero-order valence-electron chi connectivity index (χ0n) is 18.7. The fourth-order valence-electron chi connectivity index (χ4n) is 4.31. The number of allylic oxidation sites excluding steroid dienone is 2. The lowest BCUT2D eigenvalue weighted by Gasteiger charge is -2.16. The van der Waals surface area contributed by atoms with Gasteiger partial charge in [-0.3, -0.25) is 18.6 Å². The van der Waals surface area contributed by atoms with Crippen molar-refractivity contribution < 1.29 is 0 Å². The van der Waals surface area contributed by atoms with E-state index in [1.807, 2.05) is 43.3 Å². The van der Waals surface area contributed by atoms with E-state index in [-0.39, 0.29) is 11.1 Å². The molecule has 0 unspecified atom stereocenters. The zero-order valence-corrected chi connectivity index (χ0v) is 19.5. The molecular formula is C26H26N4O2S. The fourth-order valence-corrected chi connectivity index (χ4v) is 5.23. The lowest BCUT2D eigenvalue weighted by molar-refractivity contribution is 0.569. The second-order valence-electron chi connectivity index (χ2n) is 8.53. The molecule has 7 heteroatoms. The first kappa shape index (κ1) is 21.6. The second-order valence-corrected chi connectivity index (χ2v) is 9.48. The van der Waals surface area contributed by atoms with E-state index in [1.165, 1.54) is 30.2 Å². The van der Waals surface area contributed by atoms with E-state index in [0.717, 1.165) is 24.8 Å². The van der Waals surface area contributed by atoms with Gasteiger partial charge in [-0.15, -0.1) is 0 Å². The number of benzene rings is 1. The SMILES string of the molecule is Cc1ccn2c(=O)cc(CSc3nc4ccccc4c(=O)n3CCC3=CCCCC3)nc2c1. The van der Waals surface area contributed by atoms with E-state index in [4.69, 9.17) is 4.98 Å². The minimum atomic E-state index is -0.108. The summed E-state index contributed by atoms with van der Waals surface area (Å²) in [7, 11) is 0. The summed E-state index contributed by atoms with van der Waals surface area (Å²) < 4.78 is 3.34. The van der Waals surface area contributed by atoms with Gasteiger partial charge in [0.25, 0.3) is 11.1 Å². The highest BCUT2D eigenvalue weighted by atomic mass is 32.2. The number of thioether (sulfide) groups is 1. The van der Waals surface area contributed by atoms with Crippen LogP contribution in [0.1, 0.15) is 43.4 Å². The largest absolute Gasteiger partial charge is 0.287 e. The van der Waals surface area contributed by atoms with Gasteiger partial charge in [0, 0.05) is 24.6 Å². The second kappa shape index (κ2) is 9.35. The molecule has 4 aromatic rings. The third-order valence-electron chi connectivity index (χ3n) is 6.09. The number of aryl methyl sites for hydroxylation is 1. The van der Waals surface area contributed by atoms with Crippen LogP contribution in [0.3, 0.4) is 0 Å². The van der Waals surface area contributed by atoms with Crippen molar-refractivity contribution in [1.82, 2.24) is 18.9 Å². The normalized spacial score (nSPS) is 14.0. The van der Waals surface area contributed by atoms with Crippen LogP contribution in [0.5, 0.6) is 0 Å². The average Bonchev–Trinajstić information content (AvgIpc) is 2.82. The molecule has 1 aliphatic rings. The first-order chi connectivity index (χ1) is 16.1. The summed E-state index contributed by atoms with van der Waals surface area (Å²) in [6, 6.07) is 12.8. The van der Waals surface area contributed by atoms with Crippen molar-refractivity contribution in [1.29, 1.82) is 0 Å². The number of hydrogen-bond donors (Lipinski definition) is 0. The fraction of sp³-hybridized carbons (Fsp3) is 0.308. The van der Waals surface area contributed by atoms with Crippen LogP contribution in [0, 0.1) is 6.92 Å². The molecule has 0 amide bonds. The highest BCUT2D eigenvalue weighted by molar-refractivity contribution is 7.98. The van der Waals surface area contributed by atoms with Gasteiger partial charge in [-0.25, -0.2) is 9.97 Å². The number of pyridine rings is 1. The molecule has 1 aromatic carbocycles. The molecule has 5 rings (SSSR count). The molecule has 168 valence electrons. The van der Waals surface area contributed by atoms with Crippen LogP contribution >= 0.6 is 11.8 Å². The summed E-state index contributed by atoms with van der Waals surface area (Å²) in [6.07, 6.45) is 9.65. The molecule has 33 heavy (non-hydrogen) atoms. The molecule has 0 atom stereocenters. The third kappa shape index (κ3) is 4.64. The molecule has 0 fully saturated rings. The van der Waals surface area contributed by atoms with Gasteiger partial charge in [-0.05, 0) is 68.9 Å². The van der Waals surface area contributed by atoms with Gasteiger partial charge in [-0.2, -0.15) is 0 Å². The van der Waals surface area contributed by atoms with E-state index in [0.29, 0.717) is 39.7 Å². The maximum absolute atomic E-state index is 13.3. The molecular weight excluding hydrogens is 432 g/mol. The third-order valence-corrected chi connectivity index (χ3v) is 7.10. The van der Waals surface area contributed by atoms with Gasteiger partial charge in [0.05, 0.1) is 16.6 Å². The van der Waals surface area contributed by atoms with Crippen LogP contribution in [-0.2, 0) is 12.3 Å². The number of fused-ring (bicyclic) bond motifs is 2. The van der Waals surface area contributed by atoms with Crippen molar-refractivity contribution in [3.8, 4) is 0 Å². The highest BCUT2D eigenvalue weighted by Crippen LogP contribution is 2.24. The van der Waals surface area contributed by atoms with Gasteiger partial charge < -0.3 is 0 Å². The molecule has 1 aliphatic carbocycles. The molecule has 6 nitrogen and oxygen atoms in total. The van der Waals surface area contributed by atoms with Crippen LogP contribution in [0.25, 0.3) is 16.6 Å². The number of hydrogen-bond acceptors (Lipinski definition) is 5. The Balaban J connectivity index is 1.47. The Morgan fingerprint density at radius 1 is 1.06 bits per heavy atom. The van der Waals surface area contributed by atoms with E-state index in [9.17, 15) is 9.59 Å². The van der Waals surface area contributed by atoms with Crippen LogP contribution in [-0.4, -0.2) is 18.9 Å². The molecule has 0 aliphatic heterocycles. The summed E-state index contributed by atoms with van der Waals surface area (Å²) in [5.74, 6) is 0.465. The Kier molecular flexibility index (Phi) is 6.13. The predicted molar refractivity (Wildman–Crippen MR) is 133 cm³/mol. The molecule has 3 aromatic heterocycles. The highest BCUT2D eigenvalue weighted by Gasteiger charge is 2.14. The van der Waals surface area contributed by atoms with Crippen LogP contribution in [0.15, 0.2) is 75.1 Å². The molecule has 0 N–H and O–H groups in total. The lowest BCUT2D eigenvalue weighted by atomic mass is 9.97. The van der Waals surface area contributed by atoms with Crippen LogP contribution < -0.4 is 11.1 Å². The summed E-state index contributed by atoms with van der Waals surface area (Å²) in [5, 5.41) is 1.30. The van der Waals surface area contributed by atoms with E-state index >= 15 is 0 Å². The number of para-hydroxylation sites is 1. The first-order valence-electron chi connectivity index (χ1n) is 11.4. The minimum absolute atomic E-state index is 0.0123. The Labute approximate surface area is 196 Å². The molecule has 0 radical (unpaired) electrons. The Bertz CT molecular complexity index is 1490. The summed E-state index contributed by atoms with van der Waals surface area (Å²) >= 11 is 1.46. The van der Waals surface area contributed by atoms with E-state index in [2.05, 4.69) is 11.1 Å². The summed E-state index contributed by atoms with van der Waals surface area (Å²) in [4.78, 5) is 35.3. The molecule has 3 heterocycles. The average molecular weight is 459 g/mol. The Hall–Kier alpha value is -3.19. The number of nitrogens with zero attached hydrogens (tertiary/aromatic N) is 4.